The van der Waals surface area contributed by atoms with Gasteiger partial charge in [0.25, 0.3) is 0 Å². The van der Waals surface area contributed by atoms with Crippen LogP contribution in [0.2, 0.25) is 0 Å². The number of aromatic nitrogens is 2. The van der Waals surface area contributed by atoms with Gasteiger partial charge in [0.2, 0.25) is 5.13 Å². The third-order valence-electron chi connectivity index (χ3n) is 3.82. The maximum absolute atomic E-state index is 12.0. The summed E-state index contributed by atoms with van der Waals surface area (Å²) in [5.41, 5.74) is 3.73. The van der Waals surface area contributed by atoms with Crippen molar-refractivity contribution in [2.24, 2.45) is 5.10 Å². The lowest BCUT2D eigenvalue weighted by atomic mass is 10.2. The second-order valence-electron chi connectivity index (χ2n) is 5.83. The first kappa shape index (κ1) is 18.6. The van der Waals surface area contributed by atoms with Crippen LogP contribution in [0, 0.1) is 0 Å². The van der Waals surface area contributed by atoms with Crippen molar-refractivity contribution < 1.29 is 19.1 Å². The molecule has 0 atom stereocenters. The van der Waals surface area contributed by atoms with E-state index < -0.39 is 11.8 Å². The number of ether oxygens (including phenoxy) is 2. The van der Waals surface area contributed by atoms with Crippen molar-refractivity contribution in [3.63, 3.8) is 0 Å². The summed E-state index contributed by atoms with van der Waals surface area (Å²) in [6.45, 7) is 0.981. The Balaban J connectivity index is 1.32. The number of carbonyl (C=O) groups excluding carboxylic acids is 2. The van der Waals surface area contributed by atoms with Gasteiger partial charge in [-0.2, -0.15) is 5.10 Å². The van der Waals surface area contributed by atoms with Crippen molar-refractivity contribution in [3.8, 4) is 22.1 Å². The standard InChI is InChI=1S/C19H15N5O4S/c25-16(21-19-24-23-18(29-19)13-4-2-1-3-5-13)17(26)22-20-11-12-6-7-14-15(10-12)28-9-8-27-14/h1-7,10-11H,8-9H2,(H,22,26)(H,21,24,25)/b20-11+. The highest BCUT2D eigenvalue weighted by Gasteiger charge is 2.16. The van der Waals surface area contributed by atoms with E-state index in [0.717, 1.165) is 5.56 Å². The highest BCUT2D eigenvalue weighted by Crippen LogP contribution is 2.30. The molecule has 2 heterocycles. The predicted octanol–water partition coefficient (Wildman–Crippen LogP) is 2.07. The summed E-state index contributed by atoms with van der Waals surface area (Å²) in [4.78, 5) is 23.9. The number of benzene rings is 2. The number of hydrogen-bond donors (Lipinski definition) is 2. The van der Waals surface area contributed by atoms with Crippen LogP contribution in [0.15, 0.2) is 53.6 Å². The first-order chi connectivity index (χ1) is 14.2. The van der Waals surface area contributed by atoms with Crippen LogP contribution >= 0.6 is 11.3 Å². The maximum Gasteiger partial charge on any atom is 0.329 e. The molecule has 2 amide bonds. The molecular weight excluding hydrogens is 394 g/mol. The van der Waals surface area contributed by atoms with Crippen LogP contribution in [-0.2, 0) is 9.59 Å². The van der Waals surface area contributed by atoms with Gasteiger partial charge in [0.05, 0.1) is 6.21 Å². The molecule has 1 aromatic heterocycles. The van der Waals surface area contributed by atoms with E-state index in [1.54, 1.807) is 18.2 Å². The Kier molecular flexibility index (Phi) is 5.43. The number of anilines is 1. The van der Waals surface area contributed by atoms with Crippen LogP contribution in [0.25, 0.3) is 10.6 Å². The fraction of sp³-hybridized carbons (Fsp3) is 0.105. The zero-order valence-corrected chi connectivity index (χ0v) is 15.8. The van der Waals surface area contributed by atoms with Crippen LogP contribution in [0.3, 0.4) is 0 Å². The average molecular weight is 409 g/mol. The Morgan fingerprint density at radius 1 is 1.00 bits per heavy atom. The maximum atomic E-state index is 12.0. The minimum Gasteiger partial charge on any atom is -0.486 e. The van der Waals surface area contributed by atoms with E-state index in [2.05, 4.69) is 26.0 Å². The van der Waals surface area contributed by atoms with Crippen LogP contribution in [-0.4, -0.2) is 41.4 Å². The number of hydrazone groups is 1. The second-order valence-corrected chi connectivity index (χ2v) is 6.81. The zero-order chi connectivity index (χ0) is 20.1. The Morgan fingerprint density at radius 3 is 2.62 bits per heavy atom. The van der Waals surface area contributed by atoms with Crippen molar-refractivity contribution in [2.75, 3.05) is 18.5 Å². The van der Waals surface area contributed by atoms with E-state index in [1.807, 2.05) is 30.3 Å². The van der Waals surface area contributed by atoms with Gasteiger partial charge in [-0.05, 0) is 23.8 Å². The topological polar surface area (TPSA) is 115 Å². The summed E-state index contributed by atoms with van der Waals surface area (Å²) in [6, 6.07) is 14.7. The van der Waals surface area contributed by atoms with Gasteiger partial charge in [0.1, 0.15) is 18.2 Å². The molecule has 0 bridgehead atoms. The Bertz CT molecular complexity index is 1070. The summed E-state index contributed by atoms with van der Waals surface area (Å²) in [5.74, 6) is -0.547. The minimum absolute atomic E-state index is 0.222. The average Bonchev–Trinajstić information content (AvgIpc) is 3.22. The molecule has 29 heavy (non-hydrogen) atoms. The van der Waals surface area contributed by atoms with Gasteiger partial charge < -0.3 is 9.47 Å². The number of rotatable bonds is 4. The molecule has 2 N–H and O–H groups in total. The molecule has 10 heteroatoms. The molecule has 0 saturated carbocycles. The normalized spacial score (nSPS) is 12.6. The van der Waals surface area contributed by atoms with Gasteiger partial charge in [-0.25, -0.2) is 5.43 Å². The third kappa shape index (κ3) is 4.55. The molecule has 3 aromatic rings. The molecule has 4 rings (SSSR count). The Labute approximate surface area is 169 Å². The monoisotopic (exact) mass is 409 g/mol. The number of hydrogen-bond acceptors (Lipinski definition) is 8. The summed E-state index contributed by atoms with van der Waals surface area (Å²) in [5, 5.41) is 14.9. The molecule has 146 valence electrons. The Morgan fingerprint density at radius 2 is 1.79 bits per heavy atom. The number of amides is 2. The lowest BCUT2D eigenvalue weighted by Crippen LogP contribution is -2.32. The first-order valence-electron chi connectivity index (χ1n) is 8.62. The van der Waals surface area contributed by atoms with Crippen molar-refractivity contribution in [3.05, 3.63) is 54.1 Å². The summed E-state index contributed by atoms with van der Waals surface area (Å²) in [7, 11) is 0. The smallest absolute Gasteiger partial charge is 0.329 e. The van der Waals surface area contributed by atoms with Crippen molar-refractivity contribution in [1.29, 1.82) is 0 Å². The lowest BCUT2D eigenvalue weighted by Gasteiger charge is -2.18. The van der Waals surface area contributed by atoms with E-state index in [1.165, 1.54) is 17.6 Å². The molecule has 0 spiro atoms. The Hall–Kier alpha value is -3.79. The number of nitrogens with one attached hydrogen (secondary N) is 2. The first-order valence-corrected chi connectivity index (χ1v) is 9.44. The lowest BCUT2D eigenvalue weighted by molar-refractivity contribution is -0.136. The van der Waals surface area contributed by atoms with Crippen molar-refractivity contribution in [1.82, 2.24) is 15.6 Å². The van der Waals surface area contributed by atoms with Crippen LogP contribution in [0.5, 0.6) is 11.5 Å². The fourth-order valence-electron chi connectivity index (χ4n) is 2.48. The molecule has 0 saturated heterocycles. The van der Waals surface area contributed by atoms with E-state index in [-0.39, 0.29) is 5.13 Å². The fourth-order valence-corrected chi connectivity index (χ4v) is 3.23. The summed E-state index contributed by atoms with van der Waals surface area (Å²) < 4.78 is 10.9. The van der Waals surface area contributed by atoms with E-state index in [4.69, 9.17) is 9.47 Å². The molecule has 0 radical (unpaired) electrons. The van der Waals surface area contributed by atoms with Gasteiger partial charge in [-0.15, -0.1) is 10.2 Å². The van der Waals surface area contributed by atoms with Crippen LogP contribution < -0.4 is 20.2 Å². The number of carbonyl (C=O) groups is 2. The predicted molar refractivity (Wildman–Crippen MR) is 107 cm³/mol. The van der Waals surface area contributed by atoms with Crippen LogP contribution in [0.1, 0.15) is 5.56 Å². The van der Waals surface area contributed by atoms with Gasteiger partial charge in [-0.1, -0.05) is 41.7 Å². The van der Waals surface area contributed by atoms with E-state index in [0.29, 0.717) is 35.3 Å². The number of nitrogens with zero attached hydrogens (tertiary/aromatic N) is 3. The van der Waals surface area contributed by atoms with E-state index in [9.17, 15) is 9.59 Å². The van der Waals surface area contributed by atoms with Gasteiger partial charge in [-0.3, -0.25) is 14.9 Å². The van der Waals surface area contributed by atoms with Gasteiger partial charge in [0, 0.05) is 5.56 Å². The molecule has 1 aliphatic heterocycles. The summed E-state index contributed by atoms with van der Waals surface area (Å²) >= 11 is 1.17. The summed E-state index contributed by atoms with van der Waals surface area (Å²) in [6.07, 6.45) is 1.40. The molecule has 0 unspecified atom stereocenters. The molecule has 2 aromatic carbocycles. The second kappa shape index (κ2) is 8.48. The third-order valence-corrected chi connectivity index (χ3v) is 4.71. The molecular formula is C19H15N5O4S. The molecule has 0 aliphatic carbocycles. The molecule has 1 aliphatic rings. The quantitative estimate of drug-likeness (QED) is 0.387. The molecule has 9 nitrogen and oxygen atoms in total. The largest absolute Gasteiger partial charge is 0.486 e. The van der Waals surface area contributed by atoms with Crippen molar-refractivity contribution in [2.45, 2.75) is 0 Å². The highest BCUT2D eigenvalue weighted by atomic mass is 32.1. The van der Waals surface area contributed by atoms with E-state index >= 15 is 0 Å². The van der Waals surface area contributed by atoms with Crippen LogP contribution in [0.4, 0.5) is 5.13 Å². The van der Waals surface area contributed by atoms with Gasteiger partial charge >= 0.3 is 11.8 Å². The van der Waals surface area contributed by atoms with Crippen molar-refractivity contribution >= 4 is 34.5 Å². The zero-order valence-electron chi connectivity index (χ0n) is 15.0. The molecule has 0 fully saturated rings. The minimum atomic E-state index is -0.921. The highest BCUT2D eigenvalue weighted by molar-refractivity contribution is 7.18. The SMILES string of the molecule is O=C(N/N=C/c1ccc2c(c1)OCCO2)C(=O)Nc1nnc(-c2ccccc2)s1. The number of fused-ring (bicyclic) bond motifs is 1. The van der Waals surface area contributed by atoms with Gasteiger partial charge in [0.15, 0.2) is 11.5 Å².